The molecule has 1 saturated heterocycles. The lowest BCUT2D eigenvalue weighted by molar-refractivity contribution is 0.197. The van der Waals surface area contributed by atoms with Crippen LogP contribution in [0.2, 0.25) is 0 Å². The molecule has 36 heavy (non-hydrogen) atoms. The lowest BCUT2D eigenvalue weighted by Gasteiger charge is -2.30. The predicted octanol–water partition coefficient (Wildman–Crippen LogP) is 4.64. The van der Waals surface area contributed by atoms with Crippen LogP contribution in [0, 0.1) is 12.8 Å². The lowest BCUT2D eigenvalue weighted by atomic mass is 9.89. The zero-order valence-corrected chi connectivity index (χ0v) is 24.4. The Kier molecular flexibility index (Phi) is 12.8. The molecule has 2 fully saturated rings. The molecule has 0 radical (unpaired) electrons. The minimum absolute atomic E-state index is 0.524. The Morgan fingerprint density at radius 1 is 0.972 bits per heavy atom. The molecule has 0 amide bonds. The molecular formula is C27H49N5O2S2. The van der Waals surface area contributed by atoms with E-state index in [-0.39, 0.29) is 0 Å². The fourth-order valence-corrected chi connectivity index (χ4v) is 7.34. The number of rotatable bonds is 15. The Balaban J connectivity index is 1.40. The maximum Gasteiger partial charge on any atom is 0.279 e. The van der Waals surface area contributed by atoms with E-state index in [0.29, 0.717) is 19.6 Å². The first-order valence-corrected chi connectivity index (χ1v) is 16.3. The third-order valence-electron chi connectivity index (χ3n) is 7.44. The van der Waals surface area contributed by atoms with Gasteiger partial charge in [-0.15, -0.1) is 0 Å². The number of benzene rings is 1. The van der Waals surface area contributed by atoms with Crippen molar-refractivity contribution in [1.82, 2.24) is 18.6 Å². The molecule has 7 nitrogen and oxygen atoms in total. The molecule has 2 aliphatic rings. The normalized spacial score (nSPS) is 18.1. The van der Waals surface area contributed by atoms with Crippen LogP contribution in [0.1, 0.15) is 69.8 Å². The first-order valence-electron chi connectivity index (χ1n) is 14.0. The summed E-state index contributed by atoms with van der Waals surface area (Å²) in [5.41, 5.74) is 2.53. The molecule has 1 aromatic carbocycles. The van der Waals surface area contributed by atoms with Gasteiger partial charge in [-0.1, -0.05) is 25.7 Å². The van der Waals surface area contributed by atoms with Crippen molar-refractivity contribution in [3.05, 3.63) is 23.8 Å². The van der Waals surface area contributed by atoms with Gasteiger partial charge in [-0.3, -0.25) is 4.72 Å². The molecule has 1 heterocycles. The van der Waals surface area contributed by atoms with Crippen LogP contribution in [0.5, 0.6) is 0 Å². The second-order valence-corrected chi connectivity index (χ2v) is 13.4. The summed E-state index contributed by atoms with van der Waals surface area (Å²) in [5.74, 6) is 0.795. The van der Waals surface area contributed by atoms with Crippen LogP contribution in [0.25, 0.3) is 0 Å². The molecule has 1 aliphatic heterocycles. The maximum atomic E-state index is 12.6. The van der Waals surface area contributed by atoms with E-state index in [1.54, 1.807) is 16.3 Å². The minimum Gasteiger partial charge on any atom is -0.378 e. The van der Waals surface area contributed by atoms with E-state index in [1.807, 2.05) is 0 Å². The van der Waals surface area contributed by atoms with E-state index < -0.39 is 10.2 Å². The van der Waals surface area contributed by atoms with Crippen LogP contribution in [0.3, 0.4) is 0 Å². The molecule has 1 aliphatic carbocycles. The Hall–Kier alpha value is -0.840. The number of aryl methyl sites for hydroxylation is 1. The Bertz CT molecular complexity index is 869. The zero-order valence-electron chi connectivity index (χ0n) is 22.8. The van der Waals surface area contributed by atoms with Gasteiger partial charge in [0, 0.05) is 57.4 Å². The van der Waals surface area contributed by atoms with Gasteiger partial charge in [0.25, 0.3) is 10.2 Å². The number of anilines is 1. The minimum atomic E-state index is -3.32. The van der Waals surface area contributed by atoms with Crippen molar-refractivity contribution in [3.8, 4) is 0 Å². The van der Waals surface area contributed by atoms with Crippen molar-refractivity contribution in [2.75, 3.05) is 64.8 Å². The van der Waals surface area contributed by atoms with Crippen LogP contribution in [-0.2, 0) is 10.2 Å². The van der Waals surface area contributed by atoms with Crippen LogP contribution in [0.4, 0.5) is 5.69 Å². The van der Waals surface area contributed by atoms with Gasteiger partial charge in [0.15, 0.2) is 0 Å². The smallest absolute Gasteiger partial charge is 0.279 e. The number of piperidine rings is 1. The largest absolute Gasteiger partial charge is 0.378 e. The van der Waals surface area contributed by atoms with Gasteiger partial charge in [0.05, 0.1) is 0 Å². The third kappa shape index (κ3) is 10.1. The maximum absolute atomic E-state index is 12.6. The quantitative estimate of drug-likeness (QED) is 0.250. The summed E-state index contributed by atoms with van der Waals surface area (Å²) in [4.78, 5) is 5.99. The third-order valence-corrected chi connectivity index (χ3v) is 10.1. The Labute approximate surface area is 225 Å². The van der Waals surface area contributed by atoms with Gasteiger partial charge in [0.1, 0.15) is 0 Å². The summed E-state index contributed by atoms with van der Waals surface area (Å²) in [6.45, 7) is 8.14. The summed E-state index contributed by atoms with van der Waals surface area (Å²) in [6, 6.07) is 6.60. The van der Waals surface area contributed by atoms with Gasteiger partial charge >= 0.3 is 0 Å². The van der Waals surface area contributed by atoms with E-state index in [2.05, 4.69) is 58.5 Å². The molecule has 1 saturated carbocycles. The fraction of sp³-hybridized carbons (Fsp3) is 0.778. The number of nitrogens with zero attached hydrogens (tertiary/aromatic N) is 3. The Morgan fingerprint density at radius 3 is 2.31 bits per heavy atom. The first kappa shape index (κ1) is 29.7. The van der Waals surface area contributed by atoms with Crippen molar-refractivity contribution in [2.24, 2.45) is 5.92 Å². The molecule has 3 rings (SSSR count). The van der Waals surface area contributed by atoms with Gasteiger partial charge in [-0.05, 0) is 100 Å². The Morgan fingerprint density at radius 2 is 1.64 bits per heavy atom. The molecule has 0 unspecified atom stereocenters. The van der Waals surface area contributed by atoms with Gasteiger partial charge in [0.2, 0.25) is 0 Å². The molecule has 0 atom stereocenters. The van der Waals surface area contributed by atoms with Crippen LogP contribution < -0.4 is 14.3 Å². The summed E-state index contributed by atoms with van der Waals surface area (Å²) in [6.07, 6.45) is 11.8. The average Bonchev–Trinajstić information content (AvgIpc) is 2.88. The molecule has 206 valence electrons. The van der Waals surface area contributed by atoms with Crippen molar-refractivity contribution < 1.29 is 8.42 Å². The van der Waals surface area contributed by atoms with E-state index in [1.165, 1.54) is 48.3 Å². The molecule has 9 heteroatoms. The lowest BCUT2D eigenvalue weighted by Crippen LogP contribution is -2.44. The highest BCUT2D eigenvalue weighted by Crippen LogP contribution is 2.25. The van der Waals surface area contributed by atoms with E-state index in [0.717, 1.165) is 64.2 Å². The molecule has 1 aromatic rings. The van der Waals surface area contributed by atoms with Gasteiger partial charge in [-0.2, -0.15) is 12.7 Å². The highest BCUT2D eigenvalue weighted by Gasteiger charge is 2.23. The van der Waals surface area contributed by atoms with E-state index >= 15 is 0 Å². The molecule has 2 N–H and O–H groups in total. The van der Waals surface area contributed by atoms with Crippen LogP contribution in [0.15, 0.2) is 23.1 Å². The first-order chi connectivity index (χ1) is 17.3. The predicted molar refractivity (Wildman–Crippen MR) is 154 cm³/mol. The fourth-order valence-electron chi connectivity index (χ4n) is 5.26. The zero-order chi connectivity index (χ0) is 25.8. The van der Waals surface area contributed by atoms with Gasteiger partial charge in [-0.25, -0.2) is 4.72 Å². The second kappa shape index (κ2) is 15.5. The summed E-state index contributed by atoms with van der Waals surface area (Å²) in [7, 11) is 0.823. The number of hydrogen-bond acceptors (Lipinski definition) is 6. The topological polar surface area (TPSA) is 67.9 Å². The van der Waals surface area contributed by atoms with Crippen molar-refractivity contribution >= 4 is 27.8 Å². The molecule has 0 bridgehead atoms. The SMILES string of the molecule is Cc1cc(N(C)C)ccc1SNCCCN(CCCNS(=O)(=O)N1CCCCC1)CC1CCCCC1. The average molecular weight is 540 g/mol. The summed E-state index contributed by atoms with van der Waals surface area (Å²) < 4.78 is 33.2. The highest BCUT2D eigenvalue weighted by atomic mass is 32.2. The van der Waals surface area contributed by atoms with Crippen LogP contribution >= 0.6 is 11.9 Å². The molecule has 0 spiro atoms. The molecular weight excluding hydrogens is 490 g/mol. The summed E-state index contributed by atoms with van der Waals surface area (Å²) in [5, 5.41) is 0. The van der Waals surface area contributed by atoms with E-state index in [4.69, 9.17) is 0 Å². The standard InChI is InChI=1S/C27H49N5O2S2/c1-24-22-26(30(2)3)14-15-27(24)35-28-16-10-18-31(23-25-12-6-4-7-13-25)19-11-17-29-36(33,34)32-20-8-5-9-21-32/h14-15,22,25,28-29H,4-13,16-21,23H2,1-3H3. The van der Waals surface area contributed by atoms with Crippen molar-refractivity contribution in [3.63, 3.8) is 0 Å². The monoisotopic (exact) mass is 539 g/mol. The second-order valence-electron chi connectivity index (χ2n) is 10.7. The highest BCUT2D eigenvalue weighted by molar-refractivity contribution is 7.97. The van der Waals surface area contributed by atoms with Gasteiger partial charge < -0.3 is 9.80 Å². The van der Waals surface area contributed by atoms with Crippen molar-refractivity contribution in [1.29, 1.82) is 0 Å². The summed E-state index contributed by atoms with van der Waals surface area (Å²) >= 11 is 1.72. The van der Waals surface area contributed by atoms with Crippen molar-refractivity contribution in [2.45, 2.75) is 76.0 Å². The van der Waals surface area contributed by atoms with E-state index in [9.17, 15) is 8.42 Å². The van der Waals surface area contributed by atoms with Crippen LogP contribution in [-0.4, -0.2) is 77.5 Å². The number of nitrogens with one attached hydrogen (secondary N) is 2. The molecule has 0 aromatic heterocycles. The number of hydrogen-bond donors (Lipinski definition) is 2.